The van der Waals surface area contributed by atoms with Gasteiger partial charge in [0.25, 0.3) is 11.8 Å². The molecule has 2 aromatic rings. The maximum atomic E-state index is 13.8. The number of rotatable bonds is 3. The molecular weight excluding hydrogens is 410 g/mol. The van der Waals surface area contributed by atoms with E-state index in [1.807, 2.05) is 5.01 Å². The highest BCUT2D eigenvalue weighted by Gasteiger charge is 2.41. The molecule has 10 heteroatoms. The predicted molar refractivity (Wildman–Crippen MR) is 107 cm³/mol. The number of hydrogen-bond acceptors (Lipinski definition) is 5. The third-order valence-corrected chi connectivity index (χ3v) is 5.92. The molecule has 8 nitrogen and oxygen atoms in total. The number of nitrogens with one attached hydrogen (secondary N) is 1. The van der Waals surface area contributed by atoms with Gasteiger partial charge in [0, 0.05) is 38.0 Å². The van der Waals surface area contributed by atoms with Gasteiger partial charge < -0.3 is 15.3 Å². The van der Waals surface area contributed by atoms with Crippen molar-refractivity contribution in [3.63, 3.8) is 0 Å². The molecule has 1 fully saturated rings. The Morgan fingerprint density at radius 2 is 2.03 bits per heavy atom. The number of nitrogens with zero attached hydrogens (tertiary/aromatic N) is 3. The molecule has 1 aromatic carbocycles. The Morgan fingerprint density at radius 3 is 2.74 bits per heavy atom. The summed E-state index contributed by atoms with van der Waals surface area (Å²) in [4.78, 5) is 39.6. The summed E-state index contributed by atoms with van der Waals surface area (Å²) in [7, 11) is 1.61. The Morgan fingerprint density at radius 1 is 1.29 bits per heavy atom. The molecular formula is C21H22F2N4O4. The first-order valence-electron chi connectivity index (χ1n) is 9.94. The molecule has 0 spiro atoms. The van der Waals surface area contributed by atoms with Crippen molar-refractivity contribution in [3.05, 3.63) is 63.1 Å². The topological polar surface area (TPSA) is 94.9 Å². The first-order valence-corrected chi connectivity index (χ1v) is 9.94. The van der Waals surface area contributed by atoms with Gasteiger partial charge in [0.05, 0.1) is 0 Å². The van der Waals surface area contributed by atoms with Crippen molar-refractivity contribution in [1.29, 1.82) is 0 Å². The van der Waals surface area contributed by atoms with E-state index in [1.54, 1.807) is 7.05 Å². The smallest absolute Gasteiger partial charge is 0.277 e. The van der Waals surface area contributed by atoms with E-state index in [9.17, 15) is 28.3 Å². The van der Waals surface area contributed by atoms with Crippen molar-refractivity contribution in [2.24, 2.45) is 5.92 Å². The predicted octanol–water partition coefficient (Wildman–Crippen LogP) is 1.54. The lowest BCUT2D eigenvalue weighted by molar-refractivity contribution is 0.0557. The van der Waals surface area contributed by atoms with E-state index in [0.29, 0.717) is 24.9 Å². The quantitative estimate of drug-likeness (QED) is 0.768. The second-order valence-electron chi connectivity index (χ2n) is 8.02. The number of hydrogen-bond donors (Lipinski definition) is 2. The van der Waals surface area contributed by atoms with Crippen molar-refractivity contribution in [3.8, 4) is 5.75 Å². The number of carbonyl (C=O) groups is 2. The van der Waals surface area contributed by atoms with Gasteiger partial charge in [0.1, 0.15) is 23.4 Å². The SMILES string of the molecule is C[C@H]1CCN2[C@@H](C1)N(C)C(=O)c1c(O)c(=O)c(C(=O)NCc3ccc(F)cc3F)cn12. The summed E-state index contributed by atoms with van der Waals surface area (Å²) in [6, 6.07) is 2.95. The van der Waals surface area contributed by atoms with Gasteiger partial charge in [-0.3, -0.25) is 24.1 Å². The van der Waals surface area contributed by atoms with Crippen molar-refractivity contribution < 1.29 is 23.5 Å². The van der Waals surface area contributed by atoms with E-state index in [1.165, 1.54) is 21.8 Å². The number of piperidine rings is 1. The lowest BCUT2D eigenvalue weighted by Crippen LogP contribution is -2.62. The molecule has 2 aliphatic heterocycles. The molecule has 164 valence electrons. The van der Waals surface area contributed by atoms with Gasteiger partial charge >= 0.3 is 0 Å². The summed E-state index contributed by atoms with van der Waals surface area (Å²) in [6.45, 7) is 2.38. The molecule has 0 bridgehead atoms. The fourth-order valence-electron chi connectivity index (χ4n) is 4.10. The third kappa shape index (κ3) is 3.51. The van der Waals surface area contributed by atoms with Crippen LogP contribution >= 0.6 is 0 Å². The molecule has 0 saturated carbocycles. The van der Waals surface area contributed by atoms with E-state index in [4.69, 9.17) is 0 Å². The molecule has 0 unspecified atom stereocenters. The minimum absolute atomic E-state index is 0.0407. The fourth-order valence-corrected chi connectivity index (χ4v) is 4.10. The van der Waals surface area contributed by atoms with Crippen molar-refractivity contribution in [2.75, 3.05) is 18.6 Å². The molecule has 3 heterocycles. The molecule has 2 aliphatic rings. The van der Waals surface area contributed by atoms with Crippen LogP contribution in [-0.2, 0) is 6.54 Å². The second-order valence-corrected chi connectivity index (χ2v) is 8.02. The molecule has 2 atom stereocenters. The number of aromatic hydroxyl groups is 1. The van der Waals surface area contributed by atoms with E-state index in [2.05, 4.69) is 12.2 Å². The number of halogens is 2. The molecule has 1 aromatic heterocycles. The fraction of sp³-hybridized carbons (Fsp3) is 0.381. The number of benzene rings is 1. The summed E-state index contributed by atoms with van der Waals surface area (Å²) in [5.41, 5.74) is -1.52. The number of fused-ring (bicyclic) bond motifs is 3. The maximum Gasteiger partial charge on any atom is 0.277 e. The lowest BCUT2D eigenvalue weighted by Gasteiger charge is -2.49. The summed E-state index contributed by atoms with van der Waals surface area (Å²) >= 11 is 0. The Bertz CT molecular complexity index is 1130. The molecule has 31 heavy (non-hydrogen) atoms. The molecule has 2 N–H and O–H groups in total. The second kappa shape index (κ2) is 7.68. The zero-order chi connectivity index (χ0) is 22.4. The van der Waals surface area contributed by atoms with E-state index in [-0.39, 0.29) is 29.5 Å². The van der Waals surface area contributed by atoms with Gasteiger partial charge in [-0.25, -0.2) is 8.78 Å². The van der Waals surface area contributed by atoms with Crippen LogP contribution in [0, 0.1) is 17.6 Å². The van der Waals surface area contributed by atoms with Gasteiger partial charge in [-0.15, -0.1) is 0 Å². The van der Waals surface area contributed by atoms with Crippen LogP contribution in [0.2, 0.25) is 0 Å². The van der Waals surface area contributed by atoms with Gasteiger partial charge in [0.2, 0.25) is 5.43 Å². The third-order valence-electron chi connectivity index (χ3n) is 5.92. The normalized spacial score (nSPS) is 20.3. The molecule has 4 rings (SSSR count). The largest absolute Gasteiger partial charge is 0.502 e. The number of carbonyl (C=O) groups excluding carboxylic acids is 2. The van der Waals surface area contributed by atoms with Crippen LogP contribution in [0.3, 0.4) is 0 Å². The van der Waals surface area contributed by atoms with E-state index < -0.39 is 34.6 Å². The standard InChI is InChI=1S/C21H22F2N4O4/c1-11-5-6-26-16(7-11)25(2)21(31)17-19(29)18(28)14(10-27(17)26)20(30)24-9-12-3-4-13(22)8-15(12)23/h3-4,8,10-11,16,29H,5-7,9H2,1-2H3,(H,24,30)/t11-,16-/m0/s1. The first-order chi connectivity index (χ1) is 14.7. The average Bonchev–Trinajstić information content (AvgIpc) is 2.73. The summed E-state index contributed by atoms with van der Waals surface area (Å²) in [6.07, 6.45) is 2.52. The van der Waals surface area contributed by atoms with Crippen LogP contribution in [0.4, 0.5) is 8.78 Å². The van der Waals surface area contributed by atoms with Crippen LogP contribution in [0.1, 0.15) is 46.2 Å². The van der Waals surface area contributed by atoms with Crippen LogP contribution in [0.25, 0.3) is 0 Å². The number of aromatic nitrogens is 1. The summed E-state index contributed by atoms with van der Waals surface area (Å²) < 4.78 is 28.3. The van der Waals surface area contributed by atoms with Gasteiger partial charge in [-0.05, 0) is 24.8 Å². The highest BCUT2D eigenvalue weighted by Crippen LogP contribution is 2.30. The zero-order valence-corrected chi connectivity index (χ0v) is 17.1. The lowest BCUT2D eigenvalue weighted by atomic mass is 9.96. The molecule has 0 radical (unpaired) electrons. The number of amides is 2. The Kier molecular flexibility index (Phi) is 5.16. The van der Waals surface area contributed by atoms with Crippen molar-refractivity contribution in [2.45, 2.75) is 32.5 Å². The van der Waals surface area contributed by atoms with Crippen LogP contribution in [-0.4, -0.2) is 46.3 Å². The number of pyridine rings is 1. The van der Waals surface area contributed by atoms with Gasteiger partial charge in [-0.1, -0.05) is 13.0 Å². The molecule has 2 amide bonds. The van der Waals surface area contributed by atoms with Crippen molar-refractivity contribution >= 4 is 11.8 Å². The first kappa shape index (κ1) is 20.8. The van der Waals surface area contributed by atoms with Crippen LogP contribution < -0.4 is 15.8 Å². The monoisotopic (exact) mass is 432 g/mol. The van der Waals surface area contributed by atoms with E-state index >= 15 is 0 Å². The Hall–Kier alpha value is -3.43. The van der Waals surface area contributed by atoms with E-state index in [0.717, 1.165) is 12.5 Å². The highest BCUT2D eigenvalue weighted by atomic mass is 19.1. The zero-order valence-electron chi connectivity index (χ0n) is 17.1. The Labute approximate surface area is 176 Å². The molecule has 1 saturated heterocycles. The van der Waals surface area contributed by atoms with Gasteiger partial charge in [-0.2, -0.15) is 0 Å². The minimum Gasteiger partial charge on any atom is -0.502 e. The Balaban J connectivity index is 1.68. The average molecular weight is 432 g/mol. The highest BCUT2D eigenvalue weighted by molar-refractivity contribution is 5.99. The summed E-state index contributed by atoms with van der Waals surface area (Å²) in [5, 5.41) is 14.7. The van der Waals surface area contributed by atoms with Crippen LogP contribution in [0.5, 0.6) is 5.75 Å². The maximum absolute atomic E-state index is 13.8. The summed E-state index contributed by atoms with van der Waals surface area (Å²) in [5.74, 6) is -3.35. The van der Waals surface area contributed by atoms with Crippen molar-refractivity contribution in [1.82, 2.24) is 14.9 Å². The minimum atomic E-state index is -0.992. The molecule has 0 aliphatic carbocycles. The van der Waals surface area contributed by atoms with Crippen LogP contribution in [0.15, 0.2) is 29.2 Å². The van der Waals surface area contributed by atoms with Gasteiger partial charge in [0.15, 0.2) is 11.4 Å².